The van der Waals surface area contributed by atoms with Crippen molar-refractivity contribution in [1.82, 2.24) is 25.0 Å². The number of rotatable bonds is 8. The summed E-state index contributed by atoms with van der Waals surface area (Å²) < 4.78 is 12.0. The standard InChI is InChI=1S/C26H35N5O2/c1-30-11-6-19(7-12-30)21-14-23(20-17-27-28-18-20)29-24-16-26(25(32-2)15-22(21)24)33-13-5-10-31-8-3-4-9-31/h14-19H,3-13H2,1-2H3,(H,27,28). The molecule has 5 rings (SSSR count). The van der Waals surface area contributed by atoms with Crippen molar-refractivity contribution in [3.05, 3.63) is 36.2 Å². The summed E-state index contributed by atoms with van der Waals surface area (Å²) in [4.78, 5) is 9.93. The lowest BCUT2D eigenvalue weighted by Crippen LogP contribution is -2.29. The van der Waals surface area contributed by atoms with Crippen LogP contribution in [0.2, 0.25) is 0 Å². The number of likely N-dealkylation sites (tertiary alicyclic amines) is 2. The van der Waals surface area contributed by atoms with Crippen LogP contribution >= 0.6 is 0 Å². The van der Waals surface area contributed by atoms with E-state index in [-0.39, 0.29) is 0 Å². The van der Waals surface area contributed by atoms with Crippen LogP contribution in [-0.2, 0) is 0 Å². The number of fused-ring (bicyclic) bond motifs is 1. The van der Waals surface area contributed by atoms with Crippen LogP contribution in [0.3, 0.4) is 0 Å². The number of nitrogens with zero attached hydrogens (tertiary/aromatic N) is 4. The number of aromatic amines is 1. The van der Waals surface area contributed by atoms with Gasteiger partial charge < -0.3 is 19.3 Å². The number of nitrogens with one attached hydrogen (secondary N) is 1. The van der Waals surface area contributed by atoms with Gasteiger partial charge in [-0.2, -0.15) is 5.10 Å². The predicted octanol–water partition coefficient (Wildman–Crippen LogP) is 4.31. The van der Waals surface area contributed by atoms with Gasteiger partial charge in [-0.3, -0.25) is 5.10 Å². The van der Waals surface area contributed by atoms with E-state index in [2.05, 4.69) is 45.2 Å². The maximum atomic E-state index is 6.21. The van der Waals surface area contributed by atoms with Crippen molar-refractivity contribution in [3.8, 4) is 22.8 Å². The summed E-state index contributed by atoms with van der Waals surface area (Å²) in [5.41, 5.74) is 4.27. The zero-order chi connectivity index (χ0) is 22.6. The molecule has 0 saturated carbocycles. The van der Waals surface area contributed by atoms with Gasteiger partial charge in [0.2, 0.25) is 0 Å². The van der Waals surface area contributed by atoms with Crippen LogP contribution in [0.25, 0.3) is 22.2 Å². The molecule has 0 unspecified atom stereocenters. The second-order valence-corrected chi connectivity index (χ2v) is 9.43. The minimum Gasteiger partial charge on any atom is -0.493 e. The highest BCUT2D eigenvalue weighted by molar-refractivity contribution is 5.88. The Morgan fingerprint density at radius 3 is 2.61 bits per heavy atom. The molecule has 2 fully saturated rings. The van der Waals surface area contributed by atoms with E-state index in [4.69, 9.17) is 14.5 Å². The predicted molar refractivity (Wildman–Crippen MR) is 131 cm³/mol. The smallest absolute Gasteiger partial charge is 0.163 e. The molecule has 2 aliphatic rings. The van der Waals surface area contributed by atoms with E-state index >= 15 is 0 Å². The number of pyridine rings is 1. The molecule has 2 aromatic heterocycles. The third-order valence-corrected chi connectivity index (χ3v) is 7.15. The van der Waals surface area contributed by atoms with Gasteiger partial charge in [-0.15, -0.1) is 0 Å². The Kier molecular flexibility index (Phi) is 6.78. The molecular formula is C26H35N5O2. The van der Waals surface area contributed by atoms with E-state index in [1.165, 1.54) is 31.5 Å². The average Bonchev–Trinajstić information content (AvgIpc) is 3.56. The van der Waals surface area contributed by atoms with Gasteiger partial charge >= 0.3 is 0 Å². The first kappa shape index (κ1) is 22.2. The fraction of sp³-hybridized carbons (Fsp3) is 0.538. The molecule has 33 heavy (non-hydrogen) atoms. The Morgan fingerprint density at radius 1 is 1.06 bits per heavy atom. The quantitative estimate of drug-likeness (QED) is 0.517. The van der Waals surface area contributed by atoms with Gasteiger partial charge in [-0.05, 0) is 88.9 Å². The SMILES string of the molecule is COc1cc2c(C3CCN(C)CC3)cc(-c3cn[nH]c3)nc2cc1OCCCN1CCCC1. The van der Waals surface area contributed by atoms with Crippen molar-refractivity contribution in [2.75, 3.05) is 53.5 Å². The van der Waals surface area contributed by atoms with Gasteiger partial charge in [-0.25, -0.2) is 4.98 Å². The number of hydrogen-bond donors (Lipinski definition) is 1. The fourth-order valence-corrected chi connectivity index (χ4v) is 5.21. The maximum absolute atomic E-state index is 6.21. The molecule has 7 heteroatoms. The summed E-state index contributed by atoms with van der Waals surface area (Å²) in [6.07, 6.45) is 9.71. The lowest BCUT2D eigenvalue weighted by Gasteiger charge is -2.30. The van der Waals surface area contributed by atoms with Gasteiger partial charge in [0.1, 0.15) is 0 Å². The first-order valence-corrected chi connectivity index (χ1v) is 12.3. The van der Waals surface area contributed by atoms with E-state index in [1.807, 2.05) is 12.4 Å². The van der Waals surface area contributed by atoms with Gasteiger partial charge in [0.15, 0.2) is 11.5 Å². The van der Waals surface area contributed by atoms with Crippen molar-refractivity contribution in [1.29, 1.82) is 0 Å². The highest BCUT2D eigenvalue weighted by atomic mass is 16.5. The van der Waals surface area contributed by atoms with E-state index in [1.54, 1.807) is 7.11 Å². The van der Waals surface area contributed by atoms with E-state index < -0.39 is 0 Å². The zero-order valence-electron chi connectivity index (χ0n) is 19.8. The Labute approximate surface area is 196 Å². The second-order valence-electron chi connectivity index (χ2n) is 9.43. The van der Waals surface area contributed by atoms with Gasteiger partial charge in [0, 0.05) is 29.8 Å². The molecule has 1 N–H and O–H groups in total. The Hall–Kier alpha value is -2.64. The topological polar surface area (TPSA) is 66.5 Å². The maximum Gasteiger partial charge on any atom is 0.163 e. The summed E-state index contributed by atoms with van der Waals surface area (Å²) in [5.74, 6) is 2.07. The van der Waals surface area contributed by atoms with Crippen molar-refractivity contribution in [2.45, 2.75) is 38.0 Å². The Balaban J connectivity index is 1.45. The summed E-state index contributed by atoms with van der Waals surface area (Å²) in [6.45, 7) is 6.45. The van der Waals surface area contributed by atoms with Crippen LogP contribution < -0.4 is 9.47 Å². The lowest BCUT2D eigenvalue weighted by molar-refractivity contribution is 0.254. The molecule has 1 aromatic carbocycles. The van der Waals surface area contributed by atoms with Crippen LogP contribution in [0.1, 0.15) is 43.6 Å². The Bertz CT molecular complexity index is 1050. The first-order chi connectivity index (χ1) is 16.2. The molecule has 2 aliphatic heterocycles. The summed E-state index contributed by atoms with van der Waals surface area (Å²) in [7, 11) is 3.93. The van der Waals surface area contributed by atoms with E-state index in [9.17, 15) is 0 Å². The molecular weight excluding hydrogens is 414 g/mol. The van der Waals surface area contributed by atoms with Crippen LogP contribution in [0.5, 0.6) is 11.5 Å². The highest BCUT2D eigenvalue weighted by Crippen LogP contribution is 2.39. The number of benzene rings is 1. The average molecular weight is 450 g/mol. The van der Waals surface area contributed by atoms with E-state index in [0.29, 0.717) is 12.5 Å². The Morgan fingerprint density at radius 2 is 1.88 bits per heavy atom. The fourth-order valence-electron chi connectivity index (χ4n) is 5.21. The first-order valence-electron chi connectivity index (χ1n) is 12.3. The van der Waals surface area contributed by atoms with E-state index in [0.717, 1.165) is 72.6 Å². The summed E-state index contributed by atoms with van der Waals surface area (Å²) >= 11 is 0. The number of aromatic nitrogens is 3. The zero-order valence-corrected chi connectivity index (χ0v) is 19.8. The monoisotopic (exact) mass is 449 g/mol. The molecule has 3 aromatic rings. The van der Waals surface area contributed by atoms with Crippen molar-refractivity contribution < 1.29 is 9.47 Å². The number of ether oxygens (including phenoxy) is 2. The molecule has 0 amide bonds. The number of piperidine rings is 1. The van der Waals surface area contributed by atoms with Crippen LogP contribution in [-0.4, -0.2) is 78.5 Å². The van der Waals surface area contributed by atoms with Gasteiger partial charge in [0.25, 0.3) is 0 Å². The third-order valence-electron chi connectivity index (χ3n) is 7.15. The molecule has 0 bridgehead atoms. The highest BCUT2D eigenvalue weighted by Gasteiger charge is 2.23. The van der Waals surface area contributed by atoms with Crippen molar-refractivity contribution in [2.24, 2.45) is 0 Å². The summed E-state index contributed by atoms with van der Waals surface area (Å²) in [6, 6.07) is 6.44. The number of H-pyrrole nitrogens is 1. The van der Waals surface area contributed by atoms with Crippen LogP contribution in [0.15, 0.2) is 30.6 Å². The molecule has 0 spiro atoms. The minimum absolute atomic E-state index is 0.509. The molecule has 0 aliphatic carbocycles. The van der Waals surface area contributed by atoms with Crippen LogP contribution in [0.4, 0.5) is 0 Å². The minimum atomic E-state index is 0.509. The molecule has 176 valence electrons. The second kappa shape index (κ2) is 10.1. The number of methoxy groups -OCH3 is 1. The van der Waals surface area contributed by atoms with Crippen molar-refractivity contribution in [3.63, 3.8) is 0 Å². The normalized spacial score (nSPS) is 18.2. The van der Waals surface area contributed by atoms with Gasteiger partial charge in [0.05, 0.1) is 31.1 Å². The lowest BCUT2D eigenvalue weighted by atomic mass is 9.86. The molecule has 0 atom stereocenters. The largest absolute Gasteiger partial charge is 0.493 e. The molecule has 4 heterocycles. The van der Waals surface area contributed by atoms with Crippen LogP contribution in [0, 0.1) is 0 Å². The molecule has 7 nitrogen and oxygen atoms in total. The molecule has 0 radical (unpaired) electrons. The van der Waals surface area contributed by atoms with Gasteiger partial charge in [-0.1, -0.05) is 0 Å². The summed E-state index contributed by atoms with van der Waals surface area (Å²) in [5, 5.41) is 8.23. The number of hydrogen-bond acceptors (Lipinski definition) is 6. The van der Waals surface area contributed by atoms with Crippen molar-refractivity contribution >= 4 is 10.9 Å². The molecule has 2 saturated heterocycles. The third kappa shape index (κ3) is 4.99.